The molecule has 1 amide bonds. The lowest BCUT2D eigenvalue weighted by molar-refractivity contribution is -0.120. The topological polar surface area (TPSA) is 103 Å². The molecule has 154 valence electrons. The number of carbonyl (C=O) groups is 2. The van der Waals surface area contributed by atoms with Crippen molar-refractivity contribution in [2.45, 2.75) is 38.6 Å². The molecule has 0 fully saturated rings. The first-order valence-corrected chi connectivity index (χ1v) is 10.3. The monoisotopic (exact) mass is 423 g/mol. The van der Waals surface area contributed by atoms with E-state index in [9.17, 15) is 9.59 Å². The van der Waals surface area contributed by atoms with Gasteiger partial charge in [-0.05, 0) is 24.6 Å². The first-order valence-electron chi connectivity index (χ1n) is 9.92. The summed E-state index contributed by atoms with van der Waals surface area (Å²) >= 11 is 5.97. The number of benzene rings is 1. The van der Waals surface area contributed by atoms with E-state index in [1.807, 2.05) is 12.1 Å². The molecule has 7 nitrogen and oxygen atoms in total. The fraction of sp³-hybridized carbons (Fsp3) is 0.409. The van der Waals surface area contributed by atoms with E-state index < -0.39 is 5.92 Å². The number of unbranched alkanes of at least 4 members (excludes halogenated alkanes) is 1. The van der Waals surface area contributed by atoms with Crippen molar-refractivity contribution in [3.8, 4) is 23.4 Å². The number of fused-ring (bicyclic) bond motifs is 1. The number of ketones is 1. The highest BCUT2D eigenvalue weighted by Crippen LogP contribution is 2.29. The average Bonchev–Trinajstić information content (AvgIpc) is 3.19. The third-order valence-electron chi connectivity index (χ3n) is 5.16. The van der Waals surface area contributed by atoms with E-state index >= 15 is 0 Å². The van der Waals surface area contributed by atoms with Gasteiger partial charge in [-0.3, -0.25) is 14.3 Å². The summed E-state index contributed by atoms with van der Waals surface area (Å²) in [5.41, 5.74) is 1.98. The minimum absolute atomic E-state index is 0.0331. The largest absolute Gasteiger partial charge is 0.328 e. The number of amides is 1. The fourth-order valence-electron chi connectivity index (χ4n) is 3.59. The molecule has 1 aliphatic rings. The maximum atomic E-state index is 13.1. The third-order valence-corrected chi connectivity index (χ3v) is 5.41. The van der Waals surface area contributed by atoms with Gasteiger partial charge < -0.3 is 4.90 Å². The maximum absolute atomic E-state index is 13.1. The smallest absolute Gasteiger partial charge is 0.272 e. The van der Waals surface area contributed by atoms with Crippen LogP contribution in [0.25, 0.3) is 11.3 Å². The van der Waals surface area contributed by atoms with Gasteiger partial charge in [0.1, 0.15) is 11.6 Å². The molecular formula is C22H22ClN5O2. The van der Waals surface area contributed by atoms with E-state index in [0.717, 1.165) is 24.8 Å². The van der Waals surface area contributed by atoms with Gasteiger partial charge in [0.25, 0.3) is 5.91 Å². The molecule has 30 heavy (non-hydrogen) atoms. The molecule has 0 N–H and O–H groups in total. The van der Waals surface area contributed by atoms with Crippen LogP contribution < -0.4 is 0 Å². The molecule has 0 saturated carbocycles. The first-order chi connectivity index (χ1) is 14.5. The van der Waals surface area contributed by atoms with Gasteiger partial charge in [0, 0.05) is 23.6 Å². The molecule has 2 heterocycles. The lowest BCUT2D eigenvalue weighted by Gasteiger charge is -2.33. The van der Waals surface area contributed by atoms with E-state index in [1.165, 1.54) is 4.90 Å². The molecule has 0 radical (unpaired) electrons. The molecule has 1 aliphatic heterocycles. The Morgan fingerprint density at radius 1 is 1.30 bits per heavy atom. The Hall–Kier alpha value is -3.16. The van der Waals surface area contributed by atoms with Gasteiger partial charge in [0.2, 0.25) is 0 Å². The van der Waals surface area contributed by atoms with Crippen molar-refractivity contribution < 1.29 is 9.59 Å². The number of nitriles is 2. The van der Waals surface area contributed by atoms with Crippen LogP contribution in [0.5, 0.6) is 0 Å². The zero-order chi connectivity index (χ0) is 21.7. The summed E-state index contributed by atoms with van der Waals surface area (Å²) in [4.78, 5) is 26.9. The van der Waals surface area contributed by atoms with Crippen molar-refractivity contribution in [1.82, 2.24) is 14.7 Å². The van der Waals surface area contributed by atoms with Gasteiger partial charge in [0.05, 0.1) is 30.4 Å². The Balaban J connectivity index is 1.87. The molecule has 1 aromatic carbocycles. The average molecular weight is 424 g/mol. The highest BCUT2D eigenvalue weighted by atomic mass is 35.5. The van der Waals surface area contributed by atoms with Crippen LogP contribution in [-0.4, -0.2) is 39.5 Å². The molecule has 8 heteroatoms. The standard InChI is InChI=1S/C22H22ClN5O2/c1-2-3-4-18-13-27(14-19(29)9-15(11-24)12-25)22(30)21-10-20(26-28(18)21)16-5-7-17(23)8-6-16/h5-8,10,15,18H,2-4,9,13-14H2,1H3. The lowest BCUT2D eigenvalue weighted by Crippen LogP contribution is -2.45. The summed E-state index contributed by atoms with van der Waals surface area (Å²) in [6.07, 6.45) is 2.64. The number of aromatic nitrogens is 2. The molecule has 1 unspecified atom stereocenters. The van der Waals surface area contributed by atoms with E-state index in [1.54, 1.807) is 35.0 Å². The zero-order valence-electron chi connectivity index (χ0n) is 16.7. The van der Waals surface area contributed by atoms with Crippen molar-refractivity contribution in [1.29, 1.82) is 10.5 Å². The Morgan fingerprint density at radius 2 is 2.00 bits per heavy atom. The highest BCUT2D eigenvalue weighted by molar-refractivity contribution is 6.30. The molecule has 2 aromatic rings. The predicted octanol–water partition coefficient (Wildman–Crippen LogP) is 4.01. The molecule has 1 aromatic heterocycles. The Bertz CT molecular complexity index is 1000. The summed E-state index contributed by atoms with van der Waals surface area (Å²) in [6.45, 7) is 2.37. The van der Waals surface area contributed by atoms with Crippen LogP contribution in [0.3, 0.4) is 0 Å². The normalized spacial score (nSPS) is 15.6. The van der Waals surface area contributed by atoms with Gasteiger partial charge in [-0.1, -0.05) is 43.5 Å². The van der Waals surface area contributed by atoms with Crippen LogP contribution in [0, 0.1) is 28.6 Å². The molecular weight excluding hydrogens is 402 g/mol. The third kappa shape index (κ3) is 4.69. The van der Waals surface area contributed by atoms with Crippen LogP contribution in [0.2, 0.25) is 5.02 Å². The highest BCUT2D eigenvalue weighted by Gasteiger charge is 2.34. The van der Waals surface area contributed by atoms with Crippen LogP contribution in [0.4, 0.5) is 0 Å². The van der Waals surface area contributed by atoms with Crippen LogP contribution in [0.1, 0.15) is 49.1 Å². The van der Waals surface area contributed by atoms with E-state index in [4.69, 9.17) is 22.1 Å². The van der Waals surface area contributed by atoms with Gasteiger partial charge in [-0.2, -0.15) is 15.6 Å². The minimum Gasteiger partial charge on any atom is -0.328 e. The molecule has 1 atom stereocenters. The van der Waals surface area contributed by atoms with Gasteiger partial charge in [0.15, 0.2) is 5.78 Å². The number of Topliss-reactive ketones (excluding diaryl/α,β-unsaturated/α-hetero) is 1. The molecule has 3 rings (SSSR count). The van der Waals surface area contributed by atoms with Gasteiger partial charge in [-0.25, -0.2) is 0 Å². The summed E-state index contributed by atoms with van der Waals surface area (Å²) in [5, 5.41) is 23.1. The maximum Gasteiger partial charge on any atom is 0.272 e. The van der Waals surface area contributed by atoms with Crippen LogP contribution >= 0.6 is 11.6 Å². The quantitative estimate of drug-likeness (QED) is 0.638. The van der Waals surface area contributed by atoms with E-state index in [0.29, 0.717) is 23.0 Å². The number of hydrogen-bond donors (Lipinski definition) is 0. The second-order valence-electron chi connectivity index (χ2n) is 7.40. The molecule has 0 saturated heterocycles. The van der Waals surface area contributed by atoms with Gasteiger partial charge in [-0.15, -0.1) is 0 Å². The number of halogens is 1. The fourth-order valence-corrected chi connectivity index (χ4v) is 3.71. The Labute approximate surface area is 180 Å². The number of hydrogen-bond acceptors (Lipinski definition) is 5. The Morgan fingerprint density at radius 3 is 2.63 bits per heavy atom. The summed E-state index contributed by atoms with van der Waals surface area (Å²) in [5.74, 6) is -1.55. The van der Waals surface area contributed by atoms with E-state index in [2.05, 4.69) is 12.0 Å². The van der Waals surface area contributed by atoms with Gasteiger partial charge >= 0.3 is 0 Å². The predicted molar refractivity (Wildman–Crippen MR) is 111 cm³/mol. The SMILES string of the molecule is CCCCC1CN(CC(=O)CC(C#N)C#N)C(=O)c2cc(-c3ccc(Cl)cc3)nn21. The van der Waals surface area contributed by atoms with Crippen molar-refractivity contribution in [2.24, 2.45) is 5.92 Å². The van der Waals surface area contributed by atoms with Crippen LogP contribution in [-0.2, 0) is 4.79 Å². The minimum atomic E-state index is -0.990. The van der Waals surface area contributed by atoms with E-state index in [-0.39, 0.29) is 30.7 Å². The summed E-state index contributed by atoms with van der Waals surface area (Å²) in [6, 6.07) is 12.6. The lowest BCUT2D eigenvalue weighted by atomic mass is 10.0. The zero-order valence-corrected chi connectivity index (χ0v) is 17.5. The van der Waals surface area contributed by atoms with Crippen molar-refractivity contribution in [3.63, 3.8) is 0 Å². The van der Waals surface area contributed by atoms with Crippen molar-refractivity contribution >= 4 is 23.3 Å². The van der Waals surface area contributed by atoms with Crippen molar-refractivity contribution in [2.75, 3.05) is 13.1 Å². The second-order valence-corrected chi connectivity index (χ2v) is 7.84. The summed E-state index contributed by atoms with van der Waals surface area (Å²) in [7, 11) is 0. The molecule has 0 aliphatic carbocycles. The molecule has 0 spiro atoms. The van der Waals surface area contributed by atoms with Crippen LogP contribution in [0.15, 0.2) is 30.3 Å². The van der Waals surface area contributed by atoms with Crippen molar-refractivity contribution in [3.05, 3.63) is 41.0 Å². The second kappa shape index (κ2) is 9.56. The number of nitrogens with zero attached hydrogens (tertiary/aromatic N) is 5. The molecule has 0 bridgehead atoms. The number of rotatable bonds is 8. The summed E-state index contributed by atoms with van der Waals surface area (Å²) < 4.78 is 1.77. The Kier molecular flexibility index (Phi) is 6.87. The first kappa shape index (κ1) is 21.5. The number of carbonyl (C=O) groups excluding carboxylic acids is 2.